The number of nitrogen functional groups attached to an aromatic ring is 1. The molecule has 8 heteroatoms. The van der Waals surface area contributed by atoms with Gasteiger partial charge in [0.1, 0.15) is 11.9 Å². The number of aliphatic hydroxyl groups excluding tert-OH is 1. The van der Waals surface area contributed by atoms with E-state index in [0.29, 0.717) is 5.56 Å². The van der Waals surface area contributed by atoms with E-state index in [0.717, 1.165) is 4.57 Å². The highest BCUT2D eigenvalue weighted by atomic mass is 19.1. The van der Waals surface area contributed by atoms with Crippen molar-refractivity contribution in [2.24, 2.45) is 0 Å². The predicted molar refractivity (Wildman–Crippen MR) is 72.7 cm³/mol. The second-order valence-corrected chi connectivity index (χ2v) is 4.48. The number of hydrogen-bond donors (Lipinski definition) is 2. The first-order chi connectivity index (χ1) is 10.0. The van der Waals surface area contributed by atoms with Crippen LogP contribution in [0.5, 0.6) is 0 Å². The summed E-state index contributed by atoms with van der Waals surface area (Å²) in [4.78, 5) is 15.4. The van der Waals surface area contributed by atoms with Crippen LogP contribution in [0, 0.1) is 0 Å². The van der Waals surface area contributed by atoms with Crippen molar-refractivity contribution in [1.29, 1.82) is 0 Å². The molecule has 0 radical (unpaired) electrons. The van der Waals surface area contributed by atoms with Crippen molar-refractivity contribution in [1.82, 2.24) is 9.55 Å². The van der Waals surface area contributed by atoms with Crippen molar-refractivity contribution < 1.29 is 18.6 Å². The lowest BCUT2D eigenvalue weighted by Gasteiger charge is -2.16. The topological polar surface area (TPSA) is 90.4 Å². The molecule has 0 saturated carbocycles. The molecule has 2 heterocycles. The highest BCUT2D eigenvalue weighted by molar-refractivity contribution is 5.59. The summed E-state index contributed by atoms with van der Waals surface area (Å²) in [6, 6.07) is 0. The van der Waals surface area contributed by atoms with Gasteiger partial charge in [-0.1, -0.05) is 12.2 Å². The normalized spacial score (nSPS) is 27.8. The van der Waals surface area contributed by atoms with Crippen molar-refractivity contribution in [2.45, 2.75) is 25.4 Å². The number of anilines is 1. The van der Waals surface area contributed by atoms with Crippen molar-refractivity contribution >= 4 is 11.9 Å². The van der Waals surface area contributed by atoms with Gasteiger partial charge in [-0.15, -0.1) is 0 Å². The number of hydrogen-bond acceptors (Lipinski definition) is 5. The van der Waals surface area contributed by atoms with Crippen LogP contribution in [0.4, 0.5) is 14.6 Å². The largest absolute Gasteiger partial charge is 0.393 e. The molecule has 3 unspecified atom stereocenters. The minimum absolute atomic E-state index is 0.00252. The molecule has 1 aromatic rings. The molecule has 3 N–H and O–H groups in total. The highest BCUT2D eigenvalue weighted by Crippen LogP contribution is 2.35. The van der Waals surface area contributed by atoms with E-state index < -0.39 is 30.8 Å². The molecular weight excluding hydrogens is 284 g/mol. The van der Waals surface area contributed by atoms with Gasteiger partial charge >= 0.3 is 5.69 Å². The highest BCUT2D eigenvalue weighted by Gasteiger charge is 2.42. The minimum atomic E-state index is -1.89. The Bertz CT molecular complexity index is 642. The molecular formula is C13H15F2N3O3. The second kappa shape index (κ2) is 6.15. The summed E-state index contributed by atoms with van der Waals surface area (Å²) < 4.78 is 33.0. The number of nitrogens with two attached hydrogens (primary N) is 1. The molecule has 0 amide bonds. The van der Waals surface area contributed by atoms with Crippen molar-refractivity contribution in [3.05, 3.63) is 40.2 Å². The monoisotopic (exact) mass is 299 g/mol. The number of nitrogens with zero attached hydrogens (tertiary/aromatic N) is 2. The minimum Gasteiger partial charge on any atom is -0.393 e. The summed E-state index contributed by atoms with van der Waals surface area (Å²) in [6.45, 7) is 1.15. The van der Waals surface area contributed by atoms with Gasteiger partial charge < -0.3 is 15.6 Å². The molecule has 6 nitrogen and oxygen atoms in total. The molecule has 3 atom stereocenters. The Balaban J connectivity index is 2.47. The third kappa shape index (κ3) is 2.72. The van der Waals surface area contributed by atoms with Gasteiger partial charge in [0.25, 0.3) is 0 Å². The Morgan fingerprint density at radius 2 is 2.33 bits per heavy atom. The van der Waals surface area contributed by atoms with Crippen molar-refractivity contribution in [3.63, 3.8) is 0 Å². The SMILES string of the molecule is C/C=C/c1cn(C2OC(CO)/C(=C/F)C2F)c(=O)nc1N. The lowest BCUT2D eigenvalue weighted by molar-refractivity contribution is -0.0375. The summed E-state index contributed by atoms with van der Waals surface area (Å²) in [7, 11) is 0. The maximum Gasteiger partial charge on any atom is 0.351 e. The average molecular weight is 299 g/mol. The van der Waals surface area contributed by atoms with Gasteiger partial charge in [0.15, 0.2) is 12.4 Å². The average Bonchev–Trinajstić information content (AvgIpc) is 2.78. The first kappa shape index (κ1) is 15.3. The molecule has 1 aromatic heterocycles. The summed E-state index contributed by atoms with van der Waals surface area (Å²) in [5.41, 5.74) is 4.84. The zero-order chi connectivity index (χ0) is 15.6. The molecule has 114 valence electrons. The number of allylic oxidation sites excluding steroid dienone is 1. The number of rotatable bonds is 3. The standard InChI is InChI=1S/C13H15F2N3O3/c1-2-3-7-5-18(13(20)17-11(7)16)12-10(15)8(4-14)9(6-19)21-12/h2-5,9-10,12,19H,6H2,1H3,(H2,16,17,20)/b3-2+,8-4-. The smallest absolute Gasteiger partial charge is 0.351 e. The maximum atomic E-state index is 14.2. The van der Waals surface area contributed by atoms with E-state index in [4.69, 9.17) is 15.6 Å². The molecule has 21 heavy (non-hydrogen) atoms. The molecule has 1 fully saturated rings. The molecule has 0 aromatic carbocycles. The van der Waals surface area contributed by atoms with Gasteiger partial charge in [0.05, 0.1) is 12.9 Å². The third-order valence-corrected chi connectivity index (χ3v) is 3.17. The number of aliphatic hydroxyl groups is 1. The molecule has 0 spiro atoms. The van der Waals surface area contributed by atoms with Crippen LogP contribution in [0.1, 0.15) is 18.7 Å². The van der Waals surface area contributed by atoms with E-state index in [1.807, 2.05) is 0 Å². The van der Waals surface area contributed by atoms with Gasteiger partial charge in [-0.3, -0.25) is 4.57 Å². The fourth-order valence-corrected chi connectivity index (χ4v) is 2.13. The first-order valence-corrected chi connectivity index (χ1v) is 6.25. The second-order valence-electron chi connectivity index (χ2n) is 4.48. The zero-order valence-corrected chi connectivity index (χ0v) is 11.2. The quantitative estimate of drug-likeness (QED) is 0.867. The zero-order valence-electron chi connectivity index (χ0n) is 11.2. The summed E-state index contributed by atoms with van der Waals surface area (Å²) >= 11 is 0. The molecule has 1 aliphatic heterocycles. The molecule has 2 rings (SSSR count). The molecule has 1 aliphatic rings. The number of alkyl halides is 1. The first-order valence-electron chi connectivity index (χ1n) is 6.25. The Morgan fingerprint density at radius 1 is 1.62 bits per heavy atom. The molecule has 1 saturated heterocycles. The summed E-state index contributed by atoms with van der Waals surface area (Å²) in [5, 5.41) is 9.07. The fraction of sp³-hybridized carbons (Fsp3) is 0.385. The van der Waals surface area contributed by atoms with E-state index in [-0.39, 0.29) is 17.7 Å². The fourth-order valence-electron chi connectivity index (χ4n) is 2.13. The van der Waals surface area contributed by atoms with E-state index in [1.165, 1.54) is 6.20 Å². The van der Waals surface area contributed by atoms with Gasteiger partial charge in [-0.05, 0) is 6.92 Å². The lowest BCUT2D eigenvalue weighted by atomic mass is 10.1. The van der Waals surface area contributed by atoms with Crippen LogP contribution in [0.2, 0.25) is 0 Å². The van der Waals surface area contributed by atoms with Crippen LogP contribution in [0.3, 0.4) is 0 Å². The Hall–Kier alpha value is -2.06. The Labute approximate surface area is 119 Å². The Morgan fingerprint density at radius 3 is 2.86 bits per heavy atom. The van der Waals surface area contributed by atoms with Gasteiger partial charge in [-0.2, -0.15) is 4.98 Å². The van der Waals surface area contributed by atoms with E-state index in [2.05, 4.69) is 4.98 Å². The summed E-state index contributed by atoms with van der Waals surface area (Å²) in [6.07, 6.45) is 0.183. The molecule has 0 aliphatic carbocycles. The van der Waals surface area contributed by atoms with Crippen LogP contribution in [-0.4, -0.2) is 33.5 Å². The lowest BCUT2D eigenvalue weighted by Crippen LogP contribution is -2.31. The van der Waals surface area contributed by atoms with Crippen LogP contribution >= 0.6 is 0 Å². The number of aromatic nitrogens is 2. The van der Waals surface area contributed by atoms with Crippen LogP contribution in [-0.2, 0) is 4.74 Å². The van der Waals surface area contributed by atoms with E-state index in [1.54, 1.807) is 19.1 Å². The predicted octanol–water partition coefficient (Wildman–Crippen LogP) is 0.940. The summed E-state index contributed by atoms with van der Waals surface area (Å²) in [5.74, 6) is 0.00252. The van der Waals surface area contributed by atoms with Crippen molar-refractivity contribution in [3.8, 4) is 0 Å². The van der Waals surface area contributed by atoms with Crippen LogP contribution in [0.25, 0.3) is 6.08 Å². The van der Waals surface area contributed by atoms with Gasteiger partial charge in [0.2, 0.25) is 0 Å². The van der Waals surface area contributed by atoms with Gasteiger partial charge in [0, 0.05) is 17.3 Å². The Kier molecular flexibility index (Phi) is 4.49. The van der Waals surface area contributed by atoms with Gasteiger partial charge in [-0.25, -0.2) is 13.6 Å². The van der Waals surface area contributed by atoms with Crippen LogP contribution in [0.15, 0.2) is 29.0 Å². The van der Waals surface area contributed by atoms with Crippen LogP contribution < -0.4 is 11.4 Å². The van der Waals surface area contributed by atoms with E-state index >= 15 is 0 Å². The maximum absolute atomic E-state index is 14.2. The van der Waals surface area contributed by atoms with Crippen molar-refractivity contribution in [2.75, 3.05) is 12.3 Å². The third-order valence-electron chi connectivity index (χ3n) is 3.17. The van der Waals surface area contributed by atoms with E-state index in [9.17, 15) is 13.6 Å². The number of ether oxygens (including phenoxy) is 1. The number of halogens is 2. The molecule has 0 bridgehead atoms.